The first-order valence-electron chi connectivity index (χ1n) is 7.87. The van der Waals surface area contributed by atoms with Gasteiger partial charge < -0.3 is 4.74 Å². The minimum atomic E-state index is -1.36. The van der Waals surface area contributed by atoms with Crippen molar-refractivity contribution in [3.8, 4) is 0 Å². The molecule has 2 unspecified atom stereocenters. The van der Waals surface area contributed by atoms with Crippen LogP contribution in [0, 0.1) is 17.6 Å². The van der Waals surface area contributed by atoms with E-state index in [0.29, 0.717) is 12.1 Å². The van der Waals surface area contributed by atoms with Gasteiger partial charge in [0.2, 0.25) is 0 Å². The van der Waals surface area contributed by atoms with Gasteiger partial charge in [0.15, 0.2) is 23.3 Å². The lowest BCUT2D eigenvalue weighted by molar-refractivity contribution is -0.143. The first-order valence-corrected chi connectivity index (χ1v) is 8.25. The number of hydrogen-bond donors (Lipinski definition) is 0. The summed E-state index contributed by atoms with van der Waals surface area (Å²) in [6.45, 7) is 3.65. The predicted octanol–water partition coefficient (Wildman–Crippen LogP) is 4.16. The summed E-state index contributed by atoms with van der Waals surface area (Å²) < 4.78 is 31.6. The Bertz CT molecular complexity index is 746. The van der Waals surface area contributed by atoms with Gasteiger partial charge in [-0.2, -0.15) is 0 Å². The third-order valence-electron chi connectivity index (χ3n) is 3.84. The van der Waals surface area contributed by atoms with Crippen molar-refractivity contribution in [2.75, 3.05) is 6.61 Å². The summed E-state index contributed by atoms with van der Waals surface area (Å²) in [5, 5.41) is -0.273. The van der Waals surface area contributed by atoms with Crippen molar-refractivity contribution in [1.82, 2.24) is 0 Å². The van der Waals surface area contributed by atoms with E-state index in [2.05, 4.69) is 4.99 Å². The number of carbonyl (C=O) groups excluding carboxylic acids is 2. The molecule has 0 amide bonds. The molecule has 0 N–H and O–H groups in total. The first-order chi connectivity index (χ1) is 11.8. The Morgan fingerprint density at radius 2 is 2.08 bits per heavy atom. The van der Waals surface area contributed by atoms with E-state index in [-0.39, 0.29) is 23.2 Å². The standard InChI is InChI=1S/C18H18ClF2NO3/c1-3-25-18(24)13(9-22-11-5-4-10(2)6-11)17(23)12-7-15(20)16(21)8-14(12)19/h4,7-9,11,13H,3,5-6H2,1-2H3. The van der Waals surface area contributed by atoms with Crippen LogP contribution in [0.1, 0.15) is 37.0 Å². The summed E-state index contributed by atoms with van der Waals surface area (Å²) in [7, 11) is 0. The molecule has 1 aliphatic carbocycles. The van der Waals surface area contributed by atoms with Crippen LogP contribution in [0.4, 0.5) is 8.78 Å². The maximum atomic E-state index is 13.5. The number of rotatable bonds is 6. The van der Waals surface area contributed by atoms with Crippen LogP contribution < -0.4 is 0 Å². The van der Waals surface area contributed by atoms with Gasteiger partial charge in [-0.05, 0) is 38.8 Å². The molecule has 0 spiro atoms. The van der Waals surface area contributed by atoms with E-state index in [0.717, 1.165) is 12.8 Å². The number of hydrogen-bond acceptors (Lipinski definition) is 4. The molecule has 2 rings (SSSR count). The van der Waals surface area contributed by atoms with E-state index in [1.807, 2.05) is 13.0 Å². The van der Waals surface area contributed by atoms with E-state index in [4.69, 9.17) is 16.3 Å². The molecule has 1 aromatic carbocycles. The molecule has 1 aliphatic rings. The highest BCUT2D eigenvalue weighted by atomic mass is 35.5. The van der Waals surface area contributed by atoms with E-state index in [1.165, 1.54) is 11.8 Å². The van der Waals surface area contributed by atoms with Gasteiger partial charge in [-0.1, -0.05) is 23.3 Å². The molecular formula is C18H18ClF2NO3. The third-order valence-corrected chi connectivity index (χ3v) is 4.15. The molecule has 0 fully saturated rings. The van der Waals surface area contributed by atoms with E-state index in [1.54, 1.807) is 6.92 Å². The van der Waals surface area contributed by atoms with Gasteiger partial charge in [-0.15, -0.1) is 0 Å². The zero-order valence-electron chi connectivity index (χ0n) is 13.9. The van der Waals surface area contributed by atoms with Crippen molar-refractivity contribution in [1.29, 1.82) is 0 Å². The molecule has 0 saturated carbocycles. The summed E-state index contributed by atoms with van der Waals surface area (Å²) >= 11 is 5.84. The molecule has 25 heavy (non-hydrogen) atoms. The normalized spacial score (nSPS) is 18.3. The Morgan fingerprint density at radius 3 is 2.68 bits per heavy atom. The second kappa shape index (κ2) is 8.34. The lowest BCUT2D eigenvalue weighted by Crippen LogP contribution is -2.28. The van der Waals surface area contributed by atoms with Gasteiger partial charge in [0.1, 0.15) is 0 Å². The Morgan fingerprint density at radius 1 is 1.40 bits per heavy atom. The van der Waals surface area contributed by atoms with Crippen molar-refractivity contribution >= 4 is 29.6 Å². The number of carbonyl (C=O) groups is 2. The quantitative estimate of drug-likeness (QED) is 0.189. The molecular weight excluding hydrogens is 352 g/mol. The fourth-order valence-electron chi connectivity index (χ4n) is 2.54. The highest BCUT2D eigenvalue weighted by molar-refractivity contribution is 6.35. The fraction of sp³-hybridized carbons (Fsp3) is 0.389. The van der Waals surface area contributed by atoms with Gasteiger partial charge in [0.05, 0.1) is 17.7 Å². The number of benzene rings is 1. The molecule has 0 aromatic heterocycles. The van der Waals surface area contributed by atoms with Crippen LogP contribution >= 0.6 is 11.6 Å². The zero-order chi connectivity index (χ0) is 18.6. The van der Waals surface area contributed by atoms with E-state index in [9.17, 15) is 18.4 Å². The number of esters is 1. The summed E-state index contributed by atoms with van der Waals surface area (Å²) in [4.78, 5) is 29.1. The van der Waals surface area contributed by atoms with E-state index >= 15 is 0 Å². The summed E-state index contributed by atoms with van der Waals surface area (Å²) in [5.74, 6) is -5.34. The number of halogens is 3. The fourth-order valence-corrected chi connectivity index (χ4v) is 2.79. The van der Waals surface area contributed by atoms with Crippen molar-refractivity contribution in [2.45, 2.75) is 32.7 Å². The van der Waals surface area contributed by atoms with Crippen LogP contribution in [-0.4, -0.2) is 30.6 Å². The Balaban J connectivity index is 2.28. The molecule has 1 aromatic rings. The average Bonchev–Trinajstić information content (AvgIpc) is 2.96. The lowest BCUT2D eigenvalue weighted by atomic mass is 9.98. The third kappa shape index (κ3) is 4.72. The van der Waals surface area contributed by atoms with Crippen LogP contribution in [0.5, 0.6) is 0 Å². The molecule has 7 heteroatoms. The van der Waals surface area contributed by atoms with Gasteiger partial charge in [0, 0.05) is 11.8 Å². The van der Waals surface area contributed by atoms with Crippen LogP contribution in [0.25, 0.3) is 0 Å². The zero-order valence-corrected chi connectivity index (χ0v) is 14.6. The Hall–Kier alpha value is -2.08. The van der Waals surface area contributed by atoms with Crippen LogP contribution in [-0.2, 0) is 9.53 Å². The molecule has 0 heterocycles. The maximum Gasteiger partial charge on any atom is 0.322 e. The lowest BCUT2D eigenvalue weighted by Gasteiger charge is -2.13. The summed E-state index contributed by atoms with van der Waals surface area (Å²) in [6.07, 6.45) is 4.72. The largest absolute Gasteiger partial charge is 0.465 e. The molecule has 0 aliphatic heterocycles. The van der Waals surface area contributed by atoms with Gasteiger partial charge in [0.25, 0.3) is 0 Å². The number of nitrogens with zero attached hydrogens (tertiary/aromatic N) is 1. The van der Waals surface area contributed by atoms with Gasteiger partial charge in [-0.3, -0.25) is 14.6 Å². The number of Topliss-reactive ketones (excluding diaryl/α,β-unsaturated/α-hetero) is 1. The smallest absolute Gasteiger partial charge is 0.322 e. The molecule has 134 valence electrons. The average molecular weight is 370 g/mol. The summed E-state index contributed by atoms with van der Waals surface area (Å²) in [6, 6.07) is 1.33. The van der Waals surface area contributed by atoms with E-state index < -0.39 is 29.3 Å². The minimum absolute atomic E-state index is 0.0508. The van der Waals surface area contributed by atoms with Crippen molar-refractivity contribution in [2.24, 2.45) is 10.9 Å². The first kappa shape index (κ1) is 19.2. The topological polar surface area (TPSA) is 55.7 Å². The van der Waals surface area contributed by atoms with Gasteiger partial charge >= 0.3 is 5.97 Å². The SMILES string of the molecule is CCOC(=O)C(C=NC1CC=C(C)C1)C(=O)c1cc(F)c(F)cc1Cl. The number of aliphatic imine (C=N–C) groups is 1. The maximum absolute atomic E-state index is 13.5. The van der Waals surface area contributed by atoms with Crippen molar-refractivity contribution in [3.05, 3.63) is 46.0 Å². The molecule has 0 bridgehead atoms. The second-order valence-electron chi connectivity index (χ2n) is 5.78. The van der Waals surface area contributed by atoms with Crippen LogP contribution in [0.15, 0.2) is 28.8 Å². The number of ether oxygens (including phenoxy) is 1. The van der Waals surface area contributed by atoms with Crippen LogP contribution in [0.2, 0.25) is 5.02 Å². The van der Waals surface area contributed by atoms with Crippen molar-refractivity contribution < 1.29 is 23.1 Å². The van der Waals surface area contributed by atoms with Crippen molar-refractivity contribution in [3.63, 3.8) is 0 Å². The molecule has 0 radical (unpaired) electrons. The molecule has 0 saturated heterocycles. The molecule has 4 nitrogen and oxygen atoms in total. The summed E-state index contributed by atoms with van der Waals surface area (Å²) in [5.41, 5.74) is 0.899. The monoisotopic (exact) mass is 369 g/mol. The Labute approximate surface area is 149 Å². The Kier molecular flexibility index (Phi) is 6.42. The minimum Gasteiger partial charge on any atom is -0.465 e. The number of ketones is 1. The van der Waals surface area contributed by atoms with Gasteiger partial charge in [-0.25, -0.2) is 8.78 Å². The highest BCUT2D eigenvalue weighted by Crippen LogP contribution is 2.24. The second-order valence-corrected chi connectivity index (χ2v) is 6.19. The predicted molar refractivity (Wildman–Crippen MR) is 91.1 cm³/mol. The highest BCUT2D eigenvalue weighted by Gasteiger charge is 2.30. The van der Waals surface area contributed by atoms with Crippen LogP contribution in [0.3, 0.4) is 0 Å². The molecule has 2 atom stereocenters.